The molecule has 2 fully saturated rings. The van der Waals surface area contributed by atoms with Crippen molar-refractivity contribution in [3.63, 3.8) is 0 Å². The van der Waals surface area contributed by atoms with Crippen LogP contribution in [0.15, 0.2) is 36.9 Å². The Balaban J connectivity index is 1.16. The molecule has 4 heterocycles. The lowest BCUT2D eigenvalue weighted by Gasteiger charge is -2.20. The van der Waals surface area contributed by atoms with E-state index in [4.69, 9.17) is 30.0 Å². The van der Waals surface area contributed by atoms with Crippen LogP contribution in [0.2, 0.25) is 0 Å². The fraction of sp³-hybridized carbons (Fsp3) is 0.455. The summed E-state index contributed by atoms with van der Waals surface area (Å²) in [7, 11) is -10.7. The molecule has 240 valence electrons. The van der Waals surface area contributed by atoms with E-state index in [0.717, 1.165) is 6.33 Å². The summed E-state index contributed by atoms with van der Waals surface area (Å²) >= 11 is 0. The van der Waals surface area contributed by atoms with Gasteiger partial charge in [-0.1, -0.05) is 12.1 Å². The second kappa shape index (κ2) is 12.5. The second-order valence-corrected chi connectivity index (χ2v) is 12.8. The molecule has 1 aromatic carbocycles. The quantitative estimate of drug-likeness (QED) is 0.105. The molecule has 0 radical (unpaired) electrons. The number of hydrogen-bond acceptors (Lipinski definition) is 16. The number of nitrogen functional groups attached to an aromatic ring is 1. The van der Waals surface area contributed by atoms with Gasteiger partial charge in [0.25, 0.3) is 0 Å². The zero-order valence-electron chi connectivity index (χ0n) is 22.3. The molecule has 2 aliphatic rings. The van der Waals surface area contributed by atoms with E-state index < -0.39 is 83.7 Å². The molecule has 10 N–H and O–H groups in total. The third-order valence-corrected chi connectivity index (χ3v) is 9.47. The van der Waals surface area contributed by atoms with Crippen LogP contribution in [0.4, 0.5) is 5.82 Å². The summed E-state index contributed by atoms with van der Waals surface area (Å²) in [5.41, 5.74) is 11.7. The predicted octanol–water partition coefficient (Wildman–Crippen LogP) is -1.76. The Kier molecular flexibility index (Phi) is 9.18. The van der Waals surface area contributed by atoms with Crippen molar-refractivity contribution in [2.45, 2.75) is 49.0 Å². The van der Waals surface area contributed by atoms with Gasteiger partial charge < -0.3 is 51.2 Å². The maximum Gasteiger partial charge on any atom is 0.481 e. The summed E-state index contributed by atoms with van der Waals surface area (Å²) in [6, 6.07) is 5.72. The molecule has 5 rings (SSSR count). The van der Waals surface area contributed by atoms with Gasteiger partial charge in [0.1, 0.15) is 54.6 Å². The Labute approximate surface area is 247 Å². The molecule has 10 atom stereocenters. The van der Waals surface area contributed by atoms with Gasteiger partial charge in [-0.2, -0.15) is 4.31 Å². The molecule has 44 heavy (non-hydrogen) atoms. The van der Waals surface area contributed by atoms with Gasteiger partial charge in [0.2, 0.25) is 5.91 Å². The number of carbonyl (C=O) groups is 1. The molecule has 2 saturated heterocycles. The highest BCUT2D eigenvalue weighted by Gasteiger charge is 2.47. The number of nitrogens with zero attached hydrogens (tertiary/aromatic N) is 4. The maximum absolute atomic E-state index is 12.4. The number of anilines is 1. The SMILES string of the molecule is NC(=O)c1cccc([C@@H]2O[C@H](COP(=O)(O)OP(=O)(O)OC[C@H]3O[C@@H](n4cnc5c(N)ncnc54)[C@H](O)[C@@H]3O)[C@@H](O)[C@H]2O)c1. The van der Waals surface area contributed by atoms with Crippen LogP contribution in [0, 0.1) is 0 Å². The minimum absolute atomic E-state index is 0.0516. The molecule has 2 aliphatic heterocycles. The number of benzene rings is 1. The first-order valence-electron chi connectivity index (χ1n) is 12.7. The number of phosphoric acid groups is 2. The second-order valence-electron chi connectivity index (χ2n) is 9.81. The minimum atomic E-state index is -5.37. The third kappa shape index (κ3) is 6.68. The van der Waals surface area contributed by atoms with Gasteiger partial charge in [-0.25, -0.2) is 24.1 Å². The first kappa shape index (κ1) is 32.5. The number of carbonyl (C=O) groups excluding carboxylic acids is 1. The van der Waals surface area contributed by atoms with Crippen molar-refractivity contribution in [1.29, 1.82) is 0 Å². The molecular formula is C22H28N6O14P2. The molecule has 0 spiro atoms. The highest BCUT2D eigenvalue weighted by Crippen LogP contribution is 2.60. The summed E-state index contributed by atoms with van der Waals surface area (Å²) in [5.74, 6) is -0.693. The van der Waals surface area contributed by atoms with E-state index in [0.29, 0.717) is 0 Å². The standard InChI is InChI=1S/C22H28N6O14P2/c23-19-13-21(26-7-25-19)28(8-27-13)22-17(32)15(30)12(41-22)6-39-44(36,37)42-43(34,35)38-5-11-14(29)16(31)18(40-11)9-2-1-3-10(4-9)20(24)33/h1-4,7-8,11-12,14-18,22,29-32H,5-6H2,(H2,24,33)(H,34,35)(H,36,37)(H2,23,25,26)/t11-,12-,14-,15-,16-,17-,18+,22-/m1/s1. The average molecular weight is 662 g/mol. The summed E-state index contributed by atoms with van der Waals surface area (Å²) in [4.78, 5) is 43.3. The smallest absolute Gasteiger partial charge is 0.387 e. The Hall–Kier alpha value is -2.94. The highest BCUT2D eigenvalue weighted by atomic mass is 31.3. The topological polar surface area (TPSA) is 314 Å². The number of amides is 1. The minimum Gasteiger partial charge on any atom is -0.387 e. The molecule has 0 saturated carbocycles. The zero-order chi connectivity index (χ0) is 32.0. The lowest BCUT2D eigenvalue weighted by molar-refractivity contribution is -0.0507. The number of fused-ring (bicyclic) bond motifs is 1. The van der Waals surface area contributed by atoms with Crippen LogP contribution in [0.5, 0.6) is 0 Å². The zero-order valence-corrected chi connectivity index (χ0v) is 24.1. The first-order valence-corrected chi connectivity index (χ1v) is 15.7. The van der Waals surface area contributed by atoms with Crippen molar-refractivity contribution in [2.75, 3.05) is 18.9 Å². The molecule has 3 aromatic rings. The molecule has 2 aromatic heterocycles. The van der Waals surface area contributed by atoms with Crippen LogP contribution in [0.25, 0.3) is 11.2 Å². The number of aromatic nitrogens is 4. The van der Waals surface area contributed by atoms with Crippen molar-refractivity contribution < 1.29 is 67.0 Å². The summed E-state index contributed by atoms with van der Waals surface area (Å²) in [6.45, 7) is -1.78. The lowest BCUT2D eigenvalue weighted by Crippen LogP contribution is -2.33. The van der Waals surface area contributed by atoms with Crippen molar-refractivity contribution in [3.8, 4) is 0 Å². The number of nitrogens with two attached hydrogens (primary N) is 2. The molecule has 0 bridgehead atoms. The van der Waals surface area contributed by atoms with Gasteiger partial charge in [-0.15, -0.1) is 0 Å². The van der Waals surface area contributed by atoms with Gasteiger partial charge in [-0.05, 0) is 17.7 Å². The van der Waals surface area contributed by atoms with Crippen molar-refractivity contribution >= 4 is 38.5 Å². The van der Waals surface area contributed by atoms with Crippen LogP contribution in [0.1, 0.15) is 28.3 Å². The fourth-order valence-corrected chi connectivity index (χ4v) is 6.79. The van der Waals surface area contributed by atoms with Crippen molar-refractivity contribution in [3.05, 3.63) is 48.0 Å². The summed E-state index contributed by atoms with van der Waals surface area (Å²) in [5, 5.41) is 41.7. The third-order valence-electron chi connectivity index (χ3n) is 6.87. The monoisotopic (exact) mass is 662 g/mol. The van der Waals surface area contributed by atoms with Crippen LogP contribution in [0.3, 0.4) is 0 Å². The number of phosphoric ester groups is 2. The van der Waals surface area contributed by atoms with E-state index in [-0.39, 0.29) is 28.1 Å². The van der Waals surface area contributed by atoms with Gasteiger partial charge in [0.15, 0.2) is 17.7 Å². The number of aliphatic hydroxyl groups excluding tert-OH is 4. The molecule has 20 nitrogen and oxygen atoms in total. The molecule has 1 amide bonds. The largest absolute Gasteiger partial charge is 0.481 e. The Morgan fingerprint density at radius 1 is 0.932 bits per heavy atom. The van der Waals surface area contributed by atoms with Gasteiger partial charge in [-0.3, -0.25) is 18.4 Å². The van der Waals surface area contributed by atoms with Crippen molar-refractivity contribution in [1.82, 2.24) is 19.5 Å². The molecule has 2 unspecified atom stereocenters. The maximum atomic E-state index is 12.4. The van der Waals surface area contributed by atoms with Gasteiger partial charge >= 0.3 is 15.6 Å². The predicted molar refractivity (Wildman–Crippen MR) is 143 cm³/mol. The lowest BCUT2D eigenvalue weighted by atomic mass is 10.00. The van der Waals surface area contributed by atoms with E-state index in [1.54, 1.807) is 0 Å². The van der Waals surface area contributed by atoms with Crippen LogP contribution >= 0.6 is 15.6 Å². The fourth-order valence-electron chi connectivity index (χ4n) is 4.70. The van der Waals surface area contributed by atoms with Crippen LogP contribution in [-0.2, 0) is 32.0 Å². The number of imidazole rings is 1. The van der Waals surface area contributed by atoms with E-state index in [2.05, 4.69) is 19.3 Å². The Bertz CT molecular complexity index is 1630. The van der Waals surface area contributed by atoms with Gasteiger partial charge in [0.05, 0.1) is 19.5 Å². The van der Waals surface area contributed by atoms with E-state index in [9.17, 15) is 44.1 Å². The van der Waals surface area contributed by atoms with Crippen molar-refractivity contribution in [2.24, 2.45) is 5.73 Å². The van der Waals surface area contributed by atoms with E-state index in [1.807, 2.05) is 0 Å². The normalized spacial score (nSPS) is 31.6. The Morgan fingerprint density at radius 2 is 1.57 bits per heavy atom. The van der Waals surface area contributed by atoms with Crippen LogP contribution < -0.4 is 11.5 Å². The van der Waals surface area contributed by atoms with Gasteiger partial charge in [0, 0.05) is 5.56 Å². The van der Waals surface area contributed by atoms with Crippen LogP contribution in [-0.4, -0.2) is 105 Å². The summed E-state index contributed by atoms with van der Waals surface area (Å²) in [6.07, 6.45) is -9.33. The number of aliphatic hydroxyl groups is 4. The molecule has 22 heteroatoms. The molecule has 0 aliphatic carbocycles. The Morgan fingerprint density at radius 3 is 2.23 bits per heavy atom. The number of primary amides is 1. The summed E-state index contributed by atoms with van der Waals surface area (Å²) < 4.78 is 50.9. The highest BCUT2D eigenvalue weighted by molar-refractivity contribution is 7.61. The van der Waals surface area contributed by atoms with E-state index >= 15 is 0 Å². The number of ether oxygens (including phenoxy) is 2. The molecular weight excluding hydrogens is 634 g/mol. The number of rotatable bonds is 11. The number of hydrogen-bond donors (Lipinski definition) is 8. The average Bonchev–Trinajstić information content (AvgIpc) is 3.61. The van der Waals surface area contributed by atoms with E-state index in [1.165, 1.54) is 35.2 Å². The first-order chi connectivity index (χ1) is 20.7.